The quantitative estimate of drug-likeness (QED) is 0.731. The second kappa shape index (κ2) is 4.36. The van der Waals surface area contributed by atoms with E-state index in [1.807, 2.05) is 25.3 Å². The average molecular weight is 241 g/mol. The molecule has 0 aliphatic heterocycles. The minimum absolute atomic E-state index is 0.613. The van der Waals surface area contributed by atoms with Crippen molar-refractivity contribution in [2.45, 2.75) is 13.5 Å². The van der Waals surface area contributed by atoms with Gasteiger partial charge >= 0.3 is 0 Å². The predicted octanol–water partition coefficient (Wildman–Crippen LogP) is 0.835. The van der Waals surface area contributed by atoms with Gasteiger partial charge in [0.15, 0.2) is 11.5 Å². The molecule has 0 aliphatic carbocycles. The summed E-state index contributed by atoms with van der Waals surface area (Å²) in [5.41, 5.74) is 2.70. The molecule has 3 aromatic rings. The van der Waals surface area contributed by atoms with Crippen LogP contribution in [0.1, 0.15) is 11.3 Å². The first-order valence-electron chi connectivity index (χ1n) is 5.50. The van der Waals surface area contributed by atoms with Gasteiger partial charge in [-0.15, -0.1) is 5.10 Å². The van der Waals surface area contributed by atoms with Gasteiger partial charge in [-0.25, -0.2) is 0 Å². The maximum atomic E-state index is 4.24. The van der Waals surface area contributed by atoms with Crippen LogP contribution in [-0.2, 0) is 6.54 Å². The molecule has 0 radical (unpaired) electrons. The molecule has 0 unspecified atom stereocenters. The first kappa shape index (κ1) is 10.6. The van der Waals surface area contributed by atoms with Gasteiger partial charge in [0.25, 0.3) is 0 Å². The lowest BCUT2D eigenvalue weighted by Crippen LogP contribution is -2.06. The van der Waals surface area contributed by atoms with Gasteiger partial charge in [-0.05, 0) is 29.0 Å². The Hall–Kier alpha value is -2.57. The molecular formula is C11H11N7. The highest BCUT2D eigenvalue weighted by atomic mass is 15.5. The molecule has 90 valence electrons. The Morgan fingerprint density at radius 3 is 3.00 bits per heavy atom. The van der Waals surface area contributed by atoms with E-state index >= 15 is 0 Å². The van der Waals surface area contributed by atoms with Gasteiger partial charge in [0.05, 0.1) is 12.4 Å². The van der Waals surface area contributed by atoms with Crippen LogP contribution in [0.25, 0.3) is 5.65 Å². The molecule has 18 heavy (non-hydrogen) atoms. The average Bonchev–Trinajstić information content (AvgIpc) is 2.87. The first-order chi connectivity index (χ1) is 8.83. The van der Waals surface area contributed by atoms with Gasteiger partial charge in [-0.2, -0.15) is 4.52 Å². The van der Waals surface area contributed by atoms with E-state index in [2.05, 4.69) is 30.8 Å². The van der Waals surface area contributed by atoms with E-state index in [-0.39, 0.29) is 0 Å². The van der Waals surface area contributed by atoms with Crippen LogP contribution < -0.4 is 5.32 Å². The lowest BCUT2D eigenvalue weighted by molar-refractivity contribution is 0.819. The number of tetrazole rings is 1. The zero-order valence-electron chi connectivity index (χ0n) is 9.78. The van der Waals surface area contributed by atoms with E-state index in [1.54, 1.807) is 16.9 Å². The number of anilines is 1. The van der Waals surface area contributed by atoms with Gasteiger partial charge in [-0.1, -0.05) is 6.07 Å². The number of nitrogens with zero attached hydrogens (tertiary/aromatic N) is 6. The number of nitrogens with one attached hydrogen (secondary N) is 1. The van der Waals surface area contributed by atoms with E-state index in [0.29, 0.717) is 12.2 Å². The van der Waals surface area contributed by atoms with Crippen LogP contribution >= 0.6 is 0 Å². The highest BCUT2D eigenvalue weighted by Gasteiger charge is 2.03. The summed E-state index contributed by atoms with van der Waals surface area (Å²) in [5.74, 6) is 0.748. The highest BCUT2D eigenvalue weighted by Crippen LogP contribution is 2.08. The smallest absolute Gasteiger partial charge is 0.199 e. The molecule has 0 bridgehead atoms. The lowest BCUT2D eigenvalue weighted by Gasteiger charge is -2.06. The number of aryl methyl sites for hydroxylation is 1. The highest BCUT2D eigenvalue weighted by molar-refractivity contribution is 5.43. The minimum Gasteiger partial charge on any atom is -0.364 e. The van der Waals surface area contributed by atoms with E-state index in [9.17, 15) is 0 Å². The molecule has 0 saturated carbocycles. The maximum Gasteiger partial charge on any atom is 0.199 e. The molecule has 0 amide bonds. The Morgan fingerprint density at radius 2 is 2.17 bits per heavy atom. The number of aromatic nitrogens is 6. The van der Waals surface area contributed by atoms with Crippen LogP contribution in [0.15, 0.2) is 30.7 Å². The van der Waals surface area contributed by atoms with E-state index in [0.717, 1.165) is 17.1 Å². The van der Waals surface area contributed by atoms with Gasteiger partial charge in [0.2, 0.25) is 0 Å². The first-order valence-corrected chi connectivity index (χ1v) is 5.50. The molecule has 0 aliphatic rings. The molecular weight excluding hydrogens is 230 g/mol. The van der Waals surface area contributed by atoms with Crippen molar-refractivity contribution in [2.24, 2.45) is 0 Å². The monoisotopic (exact) mass is 241 g/mol. The van der Waals surface area contributed by atoms with Crippen molar-refractivity contribution >= 4 is 11.5 Å². The zero-order valence-corrected chi connectivity index (χ0v) is 9.78. The van der Waals surface area contributed by atoms with E-state index < -0.39 is 0 Å². The Bertz CT molecular complexity index is 658. The van der Waals surface area contributed by atoms with Crippen molar-refractivity contribution in [2.75, 3.05) is 5.32 Å². The SMILES string of the molecule is Cc1ccc(CNc2cncc3nnnn23)cn1. The fourth-order valence-electron chi connectivity index (χ4n) is 1.59. The van der Waals surface area contributed by atoms with Crippen molar-refractivity contribution in [1.82, 2.24) is 30.0 Å². The Balaban J connectivity index is 1.80. The van der Waals surface area contributed by atoms with Crippen LogP contribution in [-0.4, -0.2) is 30.0 Å². The Labute approximate surface area is 103 Å². The van der Waals surface area contributed by atoms with Crippen LogP contribution in [0.5, 0.6) is 0 Å². The zero-order chi connectivity index (χ0) is 12.4. The largest absolute Gasteiger partial charge is 0.364 e. The lowest BCUT2D eigenvalue weighted by atomic mass is 10.2. The second-order valence-corrected chi connectivity index (χ2v) is 3.90. The number of fused-ring (bicyclic) bond motifs is 1. The van der Waals surface area contributed by atoms with Crippen molar-refractivity contribution in [3.8, 4) is 0 Å². The molecule has 7 heteroatoms. The third-order valence-corrected chi connectivity index (χ3v) is 2.55. The maximum absolute atomic E-state index is 4.24. The number of pyridine rings is 1. The van der Waals surface area contributed by atoms with Crippen LogP contribution in [0.2, 0.25) is 0 Å². The Kier molecular flexibility index (Phi) is 2.56. The summed E-state index contributed by atoms with van der Waals surface area (Å²) in [6.45, 7) is 2.61. The predicted molar refractivity (Wildman–Crippen MR) is 64.9 cm³/mol. The standard InChI is InChI=1S/C11H11N7/c1-8-2-3-9(4-13-8)5-14-10-6-12-7-11-15-16-17-18(10)11/h2-4,6-7,14H,5H2,1H3. The Morgan fingerprint density at radius 1 is 1.22 bits per heavy atom. The topological polar surface area (TPSA) is 80.9 Å². The summed E-state index contributed by atoms with van der Waals surface area (Å²) in [6, 6.07) is 4.01. The molecule has 3 aromatic heterocycles. The number of rotatable bonds is 3. The second-order valence-electron chi connectivity index (χ2n) is 3.90. The third-order valence-electron chi connectivity index (χ3n) is 2.55. The molecule has 0 spiro atoms. The summed E-state index contributed by atoms with van der Waals surface area (Å²) >= 11 is 0. The molecule has 0 atom stereocenters. The van der Waals surface area contributed by atoms with Gasteiger partial charge in [-0.3, -0.25) is 9.97 Å². The summed E-state index contributed by atoms with van der Waals surface area (Å²) in [4.78, 5) is 8.31. The molecule has 7 nitrogen and oxygen atoms in total. The van der Waals surface area contributed by atoms with E-state index in [4.69, 9.17) is 0 Å². The van der Waals surface area contributed by atoms with Crippen molar-refractivity contribution in [3.05, 3.63) is 42.0 Å². The van der Waals surface area contributed by atoms with Crippen molar-refractivity contribution in [3.63, 3.8) is 0 Å². The van der Waals surface area contributed by atoms with Gasteiger partial charge in [0, 0.05) is 18.4 Å². The summed E-state index contributed by atoms with van der Waals surface area (Å²) in [7, 11) is 0. The van der Waals surface area contributed by atoms with Crippen LogP contribution in [0.4, 0.5) is 5.82 Å². The van der Waals surface area contributed by atoms with Crippen molar-refractivity contribution < 1.29 is 0 Å². The molecule has 0 saturated heterocycles. The molecule has 3 heterocycles. The van der Waals surface area contributed by atoms with Crippen molar-refractivity contribution in [1.29, 1.82) is 0 Å². The number of hydrogen-bond donors (Lipinski definition) is 1. The molecule has 0 fully saturated rings. The van der Waals surface area contributed by atoms with E-state index in [1.165, 1.54) is 0 Å². The summed E-state index contributed by atoms with van der Waals surface area (Å²) < 4.78 is 1.61. The normalized spacial score (nSPS) is 10.7. The number of hydrogen-bond acceptors (Lipinski definition) is 6. The minimum atomic E-state index is 0.613. The van der Waals surface area contributed by atoms with Gasteiger partial charge < -0.3 is 5.32 Å². The van der Waals surface area contributed by atoms with Crippen LogP contribution in [0.3, 0.4) is 0 Å². The van der Waals surface area contributed by atoms with Gasteiger partial charge in [0.1, 0.15) is 0 Å². The molecule has 3 rings (SSSR count). The third kappa shape index (κ3) is 1.97. The molecule has 1 N–H and O–H groups in total. The summed E-state index contributed by atoms with van der Waals surface area (Å²) in [6.07, 6.45) is 5.14. The van der Waals surface area contributed by atoms with Crippen LogP contribution in [0, 0.1) is 6.92 Å². The fraction of sp³-hybridized carbons (Fsp3) is 0.182. The summed E-state index contributed by atoms with van der Waals surface area (Å²) in [5, 5.41) is 14.5. The molecule has 0 aromatic carbocycles. The fourth-order valence-corrected chi connectivity index (χ4v) is 1.59.